The molecule has 20 heavy (non-hydrogen) atoms. The number of carbonyl (C=O) groups is 1. The van der Waals surface area contributed by atoms with E-state index in [2.05, 4.69) is 10.6 Å². The van der Waals surface area contributed by atoms with Crippen molar-refractivity contribution >= 4 is 17.2 Å². The fourth-order valence-corrected chi connectivity index (χ4v) is 4.01. The Hall–Kier alpha value is -0.910. The zero-order valence-corrected chi connectivity index (χ0v) is 12.4. The number of aliphatic hydroxyl groups excluding tert-OH is 1. The average molecular weight is 294 g/mol. The molecule has 2 aliphatic rings. The van der Waals surface area contributed by atoms with Crippen molar-refractivity contribution in [1.29, 1.82) is 0 Å². The quantitative estimate of drug-likeness (QED) is 0.791. The molecule has 1 saturated heterocycles. The van der Waals surface area contributed by atoms with Gasteiger partial charge in [-0.25, -0.2) is 0 Å². The first-order valence-corrected chi connectivity index (χ1v) is 8.40. The number of hydrogen-bond acceptors (Lipinski definition) is 4. The van der Waals surface area contributed by atoms with Crippen LogP contribution >= 0.6 is 11.3 Å². The lowest BCUT2D eigenvalue weighted by molar-refractivity contribution is 0.00919. The van der Waals surface area contributed by atoms with Crippen molar-refractivity contribution in [3.05, 3.63) is 22.4 Å². The Labute approximate surface area is 123 Å². The molecule has 2 heterocycles. The molecule has 1 aliphatic carbocycles. The fourth-order valence-electron chi connectivity index (χ4n) is 3.38. The molecular weight excluding hydrogens is 272 g/mol. The van der Waals surface area contributed by atoms with E-state index in [4.69, 9.17) is 0 Å². The second-order valence-corrected chi connectivity index (χ2v) is 6.76. The van der Waals surface area contributed by atoms with Crippen molar-refractivity contribution in [2.24, 2.45) is 11.8 Å². The Kier molecular flexibility index (Phi) is 4.38. The molecule has 5 heteroatoms. The summed E-state index contributed by atoms with van der Waals surface area (Å²) in [6.45, 7) is 2.07. The van der Waals surface area contributed by atoms with E-state index < -0.39 is 0 Å². The van der Waals surface area contributed by atoms with Gasteiger partial charge in [0.25, 0.3) is 5.91 Å². The molecular formula is C15H22N2O2S. The summed E-state index contributed by atoms with van der Waals surface area (Å²) in [5.41, 5.74) is 0.758. The third-order valence-corrected chi connectivity index (χ3v) is 5.31. The van der Waals surface area contributed by atoms with Gasteiger partial charge in [0, 0.05) is 17.0 Å². The predicted octanol–water partition coefficient (Wildman–Crippen LogP) is 1.62. The van der Waals surface area contributed by atoms with Gasteiger partial charge in [-0.2, -0.15) is 11.3 Å². The second kappa shape index (κ2) is 6.24. The SMILES string of the molecule is O=C(N[C@@H](C1CCNCC1)C1CC(O)C1)c1ccsc1. The van der Waals surface area contributed by atoms with Gasteiger partial charge in [-0.3, -0.25) is 4.79 Å². The predicted molar refractivity (Wildman–Crippen MR) is 79.9 cm³/mol. The maximum Gasteiger partial charge on any atom is 0.252 e. The Morgan fingerprint density at radius 2 is 2.10 bits per heavy atom. The number of piperidine rings is 1. The van der Waals surface area contributed by atoms with Gasteiger partial charge in [-0.05, 0) is 62.1 Å². The molecule has 1 aromatic rings. The molecule has 1 aliphatic heterocycles. The first-order valence-electron chi connectivity index (χ1n) is 7.46. The van der Waals surface area contributed by atoms with E-state index in [0.29, 0.717) is 11.8 Å². The summed E-state index contributed by atoms with van der Waals surface area (Å²) < 4.78 is 0. The Morgan fingerprint density at radius 3 is 2.70 bits per heavy atom. The lowest BCUT2D eigenvalue weighted by Crippen LogP contribution is -2.52. The van der Waals surface area contributed by atoms with Gasteiger partial charge in [0.2, 0.25) is 0 Å². The van der Waals surface area contributed by atoms with Gasteiger partial charge in [0.1, 0.15) is 0 Å². The third kappa shape index (κ3) is 3.05. The van der Waals surface area contributed by atoms with Gasteiger partial charge in [0.15, 0.2) is 0 Å². The van der Waals surface area contributed by atoms with Crippen LogP contribution in [-0.4, -0.2) is 36.2 Å². The topological polar surface area (TPSA) is 61.4 Å². The molecule has 1 amide bonds. The summed E-state index contributed by atoms with van der Waals surface area (Å²) >= 11 is 1.55. The minimum atomic E-state index is -0.165. The number of thiophene rings is 1. The molecule has 3 rings (SSSR count). The van der Waals surface area contributed by atoms with Crippen molar-refractivity contribution in [3.8, 4) is 0 Å². The maximum absolute atomic E-state index is 12.3. The number of hydrogen-bond donors (Lipinski definition) is 3. The van der Waals surface area contributed by atoms with Gasteiger partial charge >= 0.3 is 0 Å². The highest BCUT2D eigenvalue weighted by atomic mass is 32.1. The summed E-state index contributed by atoms with van der Waals surface area (Å²) in [6.07, 6.45) is 3.72. The van der Waals surface area contributed by atoms with Crippen molar-refractivity contribution in [1.82, 2.24) is 10.6 Å². The molecule has 0 unspecified atom stereocenters. The van der Waals surface area contributed by atoms with Crippen LogP contribution in [-0.2, 0) is 0 Å². The van der Waals surface area contributed by atoms with Crippen LogP contribution in [0.1, 0.15) is 36.0 Å². The summed E-state index contributed by atoms with van der Waals surface area (Å²) in [5, 5.41) is 20.0. The van der Waals surface area contributed by atoms with E-state index in [1.54, 1.807) is 11.3 Å². The van der Waals surface area contributed by atoms with Crippen molar-refractivity contribution in [3.63, 3.8) is 0 Å². The van der Waals surface area contributed by atoms with Crippen LogP contribution in [0.4, 0.5) is 0 Å². The van der Waals surface area contributed by atoms with Crippen molar-refractivity contribution in [2.45, 2.75) is 37.8 Å². The third-order valence-electron chi connectivity index (χ3n) is 4.63. The molecule has 1 atom stereocenters. The summed E-state index contributed by atoms with van der Waals surface area (Å²) in [6, 6.07) is 2.09. The highest BCUT2D eigenvalue weighted by Gasteiger charge is 2.39. The van der Waals surface area contributed by atoms with Gasteiger partial charge in [0.05, 0.1) is 6.10 Å². The molecule has 3 N–H and O–H groups in total. The van der Waals surface area contributed by atoms with Crippen LogP contribution < -0.4 is 10.6 Å². The fraction of sp³-hybridized carbons (Fsp3) is 0.667. The van der Waals surface area contributed by atoms with Crippen LogP contribution in [0.5, 0.6) is 0 Å². The molecule has 4 nitrogen and oxygen atoms in total. The van der Waals surface area contributed by atoms with E-state index in [0.717, 1.165) is 44.3 Å². The molecule has 110 valence electrons. The lowest BCUT2D eigenvalue weighted by Gasteiger charge is -2.43. The van der Waals surface area contributed by atoms with E-state index in [9.17, 15) is 9.90 Å². The summed E-state index contributed by atoms with van der Waals surface area (Å²) in [7, 11) is 0. The zero-order valence-electron chi connectivity index (χ0n) is 11.5. The number of rotatable bonds is 4. The minimum absolute atomic E-state index is 0.0381. The van der Waals surface area contributed by atoms with Crippen LogP contribution in [0.25, 0.3) is 0 Å². The number of amides is 1. The number of carbonyl (C=O) groups excluding carboxylic acids is 1. The monoisotopic (exact) mass is 294 g/mol. The van der Waals surface area contributed by atoms with Gasteiger partial charge in [-0.15, -0.1) is 0 Å². The van der Waals surface area contributed by atoms with E-state index in [-0.39, 0.29) is 18.1 Å². The molecule has 2 fully saturated rings. The largest absolute Gasteiger partial charge is 0.393 e. The first kappa shape index (κ1) is 14.0. The van der Waals surface area contributed by atoms with Crippen molar-refractivity contribution in [2.75, 3.05) is 13.1 Å². The molecule has 0 radical (unpaired) electrons. The standard InChI is InChI=1S/C15H22N2O2S/c18-13-7-12(8-13)14(10-1-4-16-5-2-10)17-15(19)11-3-6-20-9-11/h3,6,9-10,12-14,16,18H,1-2,4-5,7-8H2,(H,17,19)/t12?,13?,14-/m0/s1. The molecule has 1 aromatic heterocycles. The highest BCUT2D eigenvalue weighted by molar-refractivity contribution is 7.08. The zero-order chi connectivity index (χ0) is 13.9. The molecule has 1 saturated carbocycles. The molecule has 0 spiro atoms. The second-order valence-electron chi connectivity index (χ2n) is 5.98. The first-order chi connectivity index (χ1) is 9.74. The van der Waals surface area contributed by atoms with Crippen LogP contribution in [0.3, 0.4) is 0 Å². The minimum Gasteiger partial charge on any atom is -0.393 e. The maximum atomic E-state index is 12.3. The van der Waals surface area contributed by atoms with Gasteiger partial charge in [-0.1, -0.05) is 0 Å². The Bertz CT molecular complexity index is 437. The van der Waals surface area contributed by atoms with Crippen molar-refractivity contribution < 1.29 is 9.90 Å². The lowest BCUT2D eigenvalue weighted by atomic mass is 9.71. The molecule has 0 bridgehead atoms. The van der Waals surface area contributed by atoms with Gasteiger partial charge < -0.3 is 15.7 Å². The summed E-state index contributed by atoms with van der Waals surface area (Å²) in [5.74, 6) is 1.02. The van der Waals surface area contributed by atoms with Crippen LogP contribution in [0, 0.1) is 11.8 Å². The van der Waals surface area contributed by atoms with E-state index in [1.165, 1.54) is 0 Å². The summed E-state index contributed by atoms with van der Waals surface area (Å²) in [4.78, 5) is 12.3. The van der Waals surface area contributed by atoms with E-state index >= 15 is 0 Å². The van der Waals surface area contributed by atoms with E-state index in [1.807, 2.05) is 16.8 Å². The normalized spacial score (nSPS) is 28.6. The average Bonchev–Trinajstić information content (AvgIpc) is 2.97. The van der Waals surface area contributed by atoms with Crippen LogP contribution in [0.2, 0.25) is 0 Å². The highest BCUT2D eigenvalue weighted by Crippen LogP contribution is 2.35. The number of aliphatic hydroxyl groups is 1. The Balaban J connectivity index is 1.66. The Morgan fingerprint density at radius 1 is 1.35 bits per heavy atom. The number of nitrogens with one attached hydrogen (secondary N) is 2. The smallest absolute Gasteiger partial charge is 0.252 e. The molecule has 0 aromatic carbocycles. The van der Waals surface area contributed by atoms with Crippen LogP contribution in [0.15, 0.2) is 16.8 Å².